The van der Waals surface area contributed by atoms with E-state index in [2.05, 4.69) is 132 Å². The number of para-hydroxylation sites is 2. The van der Waals surface area contributed by atoms with Crippen LogP contribution in [-0.4, -0.2) is 14.5 Å². The molecule has 0 aliphatic rings. The van der Waals surface area contributed by atoms with Crippen LogP contribution in [0.1, 0.15) is 77.0 Å². The number of pyridine rings is 1. The molecule has 0 atom stereocenters. The van der Waals surface area contributed by atoms with Gasteiger partial charge in [-0.2, -0.15) is 0 Å². The Kier molecular flexibility index (Phi) is 6.69. The summed E-state index contributed by atoms with van der Waals surface area (Å²) in [5, 5.41) is 2.20. The summed E-state index contributed by atoms with van der Waals surface area (Å²) in [7, 11) is 0. The Labute approximate surface area is 259 Å². The van der Waals surface area contributed by atoms with E-state index in [1.807, 2.05) is 18.3 Å². The van der Waals surface area contributed by atoms with E-state index in [1.54, 1.807) is 0 Å². The molecule has 220 valence electrons. The van der Waals surface area contributed by atoms with Crippen molar-refractivity contribution in [2.45, 2.75) is 65.7 Å². The van der Waals surface area contributed by atoms with Gasteiger partial charge in [0.05, 0.1) is 16.8 Å². The highest BCUT2D eigenvalue weighted by molar-refractivity contribution is 6.09. The molecule has 4 heteroatoms. The van der Waals surface area contributed by atoms with E-state index < -0.39 is 0 Å². The molecule has 0 fully saturated rings. The van der Waals surface area contributed by atoms with Crippen molar-refractivity contribution in [2.24, 2.45) is 0 Å². The Bertz CT molecular complexity index is 2130. The molecular weight excluding hydrogens is 538 g/mol. The Morgan fingerprint density at radius 3 is 2.05 bits per heavy atom. The average Bonchev–Trinajstić information content (AvgIpc) is 3.58. The lowest BCUT2D eigenvalue weighted by Gasteiger charge is -2.25. The van der Waals surface area contributed by atoms with E-state index in [1.165, 1.54) is 33.5 Å². The van der Waals surface area contributed by atoms with E-state index in [0.29, 0.717) is 0 Å². The predicted octanol–water partition coefficient (Wildman–Crippen LogP) is 11.2. The first kappa shape index (κ1) is 28.1. The van der Waals surface area contributed by atoms with Crippen LogP contribution in [-0.2, 0) is 5.41 Å². The van der Waals surface area contributed by atoms with Crippen LogP contribution in [0, 0.1) is 0 Å². The molecule has 0 radical (unpaired) electrons. The Balaban J connectivity index is 1.63. The molecule has 3 aromatic heterocycles. The van der Waals surface area contributed by atoms with Gasteiger partial charge in [-0.25, -0.2) is 9.97 Å². The van der Waals surface area contributed by atoms with Crippen molar-refractivity contribution < 1.29 is 4.42 Å². The van der Waals surface area contributed by atoms with E-state index in [4.69, 9.17) is 14.4 Å². The van der Waals surface area contributed by atoms with Crippen LogP contribution in [0.4, 0.5) is 0 Å². The molecule has 0 unspecified atom stereocenters. The van der Waals surface area contributed by atoms with Gasteiger partial charge in [0.25, 0.3) is 0 Å². The number of benzene rings is 4. The minimum absolute atomic E-state index is 0.0614. The topological polar surface area (TPSA) is 43.9 Å². The lowest BCUT2D eigenvalue weighted by Crippen LogP contribution is -2.12. The number of imidazole rings is 1. The van der Waals surface area contributed by atoms with Gasteiger partial charge in [-0.3, -0.25) is 4.57 Å². The molecule has 0 saturated carbocycles. The molecule has 0 saturated heterocycles. The van der Waals surface area contributed by atoms with Gasteiger partial charge in [-0.15, -0.1) is 0 Å². The van der Waals surface area contributed by atoms with Crippen molar-refractivity contribution in [1.29, 1.82) is 0 Å². The van der Waals surface area contributed by atoms with Crippen LogP contribution in [0.25, 0.3) is 61.3 Å². The maximum absolute atomic E-state index is 6.56. The molecule has 0 spiro atoms. The van der Waals surface area contributed by atoms with E-state index in [-0.39, 0.29) is 17.3 Å². The Hall–Kier alpha value is -4.70. The molecule has 0 N–H and O–H groups in total. The SMILES string of the molecule is CC(C)c1cc(-c2ccccc2)cc(C(C)C)c1-n1c(-c2cccc3c2oc2ccccc23)nc2ncc(C(C)(C)C)cc21. The van der Waals surface area contributed by atoms with E-state index in [0.717, 1.165) is 44.5 Å². The highest BCUT2D eigenvalue weighted by Gasteiger charge is 2.27. The van der Waals surface area contributed by atoms with Gasteiger partial charge in [0.15, 0.2) is 11.5 Å². The molecular formula is C40H39N3O. The molecule has 3 heterocycles. The lowest BCUT2D eigenvalue weighted by atomic mass is 9.87. The molecule has 0 bridgehead atoms. The fraction of sp³-hybridized carbons (Fsp3) is 0.250. The number of rotatable bonds is 5. The number of furan rings is 1. The van der Waals surface area contributed by atoms with Crippen LogP contribution in [0.15, 0.2) is 102 Å². The number of hydrogen-bond donors (Lipinski definition) is 0. The summed E-state index contributed by atoms with van der Waals surface area (Å²) in [5.41, 5.74) is 11.8. The van der Waals surface area contributed by atoms with Crippen molar-refractivity contribution in [1.82, 2.24) is 14.5 Å². The van der Waals surface area contributed by atoms with Crippen LogP contribution >= 0.6 is 0 Å². The van der Waals surface area contributed by atoms with Crippen molar-refractivity contribution in [3.8, 4) is 28.2 Å². The zero-order valence-electron chi connectivity index (χ0n) is 26.6. The molecule has 4 aromatic carbocycles. The third-order valence-corrected chi connectivity index (χ3v) is 8.77. The van der Waals surface area contributed by atoms with Crippen LogP contribution in [0.2, 0.25) is 0 Å². The molecule has 7 rings (SSSR count). The lowest BCUT2D eigenvalue weighted by molar-refractivity contribution is 0.588. The van der Waals surface area contributed by atoms with Gasteiger partial charge in [0, 0.05) is 17.0 Å². The number of nitrogens with zero attached hydrogens (tertiary/aromatic N) is 3. The maximum Gasteiger partial charge on any atom is 0.178 e. The van der Waals surface area contributed by atoms with Gasteiger partial charge in [-0.1, -0.05) is 109 Å². The van der Waals surface area contributed by atoms with Crippen molar-refractivity contribution >= 4 is 33.1 Å². The van der Waals surface area contributed by atoms with Crippen molar-refractivity contribution in [3.63, 3.8) is 0 Å². The van der Waals surface area contributed by atoms with Gasteiger partial charge < -0.3 is 4.42 Å². The zero-order valence-corrected chi connectivity index (χ0v) is 26.6. The molecule has 0 amide bonds. The monoisotopic (exact) mass is 577 g/mol. The van der Waals surface area contributed by atoms with Gasteiger partial charge in [0.2, 0.25) is 0 Å². The average molecular weight is 578 g/mol. The fourth-order valence-electron chi connectivity index (χ4n) is 6.32. The predicted molar refractivity (Wildman–Crippen MR) is 184 cm³/mol. The first-order chi connectivity index (χ1) is 21.1. The Morgan fingerprint density at radius 1 is 0.705 bits per heavy atom. The number of aromatic nitrogens is 3. The summed E-state index contributed by atoms with van der Waals surface area (Å²) in [6, 6.07) is 32.4. The maximum atomic E-state index is 6.56. The van der Waals surface area contributed by atoms with Gasteiger partial charge in [0.1, 0.15) is 11.2 Å². The quantitative estimate of drug-likeness (QED) is 0.204. The van der Waals surface area contributed by atoms with Crippen LogP contribution < -0.4 is 0 Å². The summed E-state index contributed by atoms with van der Waals surface area (Å²) < 4.78 is 8.94. The summed E-state index contributed by atoms with van der Waals surface area (Å²) in [5.74, 6) is 1.40. The summed E-state index contributed by atoms with van der Waals surface area (Å²) in [6.07, 6.45) is 1.98. The zero-order chi connectivity index (χ0) is 30.7. The molecule has 7 aromatic rings. The minimum Gasteiger partial charge on any atom is -0.455 e. The fourth-order valence-corrected chi connectivity index (χ4v) is 6.32. The normalized spacial score (nSPS) is 12.4. The smallest absolute Gasteiger partial charge is 0.178 e. The van der Waals surface area contributed by atoms with Crippen LogP contribution in [0.3, 0.4) is 0 Å². The van der Waals surface area contributed by atoms with E-state index >= 15 is 0 Å². The third-order valence-electron chi connectivity index (χ3n) is 8.77. The van der Waals surface area contributed by atoms with Crippen molar-refractivity contribution in [3.05, 3.63) is 114 Å². The number of hydrogen-bond acceptors (Lipinski definition) is 3. The van der Waals surface area contributed by atoms with Crippen LogP contribution in [0.5, 0.6) is 0 Å². The first-order valence-electron chi connectivity index (χ1n) is 15.6. The van der Waals surface area contributed by atoms with Gasteiger partial charge in [-0.05, 0) is 75.4 Å². The molecule has 0 aliphatic heterocycles. The second kappa shape index (κ2) is 10.5. The number of fused-ring (bicyclic) bond motifs is 4. The van der Waals surface area contributed by atoms with Gasteiger partial charge >= 0.3 is 0 Å². The summed E-state index contributed by atoms with van der Waals surface area (Å²) in [6.45, 7) is 15.9. The molecule has 4 nitrogen and oxygen atoms in total. The highest BCUT2D eigenvalue weighted by Crippen LogP contribution is 2.42. The standard InChI is InChI=1S/C40H39N3O/c1-24(2)32-20-27(26-14-9-8-10-15-26)21-33(25(3)4)36(32)43-34-22-28(40(5,6)7)23-41-38(34)42-39(43)31-18-13-17-30-29-16-11-12-19-35(29)44-37(30)31/h8-25H,1-7H3. The minimum atomic E-state index is -0.0614. The second-order valence-corrected chi connectivity index (χ2v) is 13.5. The van der Waals surface area contributed by atoms with Crippen molar-refractivity contribution in [2.75, 3.05) is 0 Å². The summed E-state index contributed by atoms with van der Waals surface area (Å²) in [4.78, 5) is 10.2. The molecule has 44 heavy (non-hydrogen) atoms. The third kappa shape index (κ3) is 4.61. The Morgan fingerprint density at radius 2 is 1.36 bits per heavy atom. The van der Waals surface area contributed by atoms with E-state index in [9.17, 15) is 0 Å². The highest BCUT2D eigenvalue weighted by atomic mass is 16.3. The first-order valence-corrected chi connectivity index (χ1v) is 15.6. The second-order valence-electron chi connectivity index (χ2n) is 13.5. The molecule has 0 aliphatic carbocycles. The largest absolute Gasteiger partial charge is 0.455 e. The summed E-state index contributed by atoms with van der Waals surface area (Å²) >= 11 is 0.